The van der Waals surface area contributed by atoms with Crippen LogP contribution in [0.3, 0.4) is 0 Å². The van der Waals surface area contributed by atoms with E-state index in [1.807, 2.05) is 19.1 Å². The summed E-state index contributed by atoms with van der Waals surface area (Å²) in [4.78, 5) is 16.0. The number of carbonyl (C=O) groups excluding carboxylic acids is 1. The molecule has 1 N–H and O–H groups in total. The number of hydrogen-bond acceptors (Lipinski definition) is 4. The summed E-state index contributed by atoms with van der Waals surface area (Å²) in [6.45, 7) is 1.67. The Bertz CT molecular complexity index is 939. The van der Waals surface area contributed by atoms with E-state index in [1.165, 1.54) is 23.4 Å². The largest absolute Gasteiger partial charge is 0.484 e. The molecule has 0 aliphatic rings. The fourth-order valence-corrected chi connectivity index (χ4v) is 2.50. The highest BCUT2D eigenvalue weighted by atomic mass is 19.4. The topological polar surface area (TPSA) is 69.0 Å². The van der Waals surface area contributed by atoms with E-state index >= 15 is 0 Å². The van der Waals surface area contributed by atoms with E-state index in [1.54, 1.807) is 12.1 Å². The number of ether oxygens (including phenoxy) is 1. The van der Waals surface area contributed by atoms with Gasteiger partial charge in [0.15, 0.2) is 6.61 Å². The van der Waals surface area contributed by atoms with Crippen molar-refractivity contribution in [1.29, 1.82) is 0 Å². The van der Waals surface area contributed by atoms with Gasteiger partial charge < -0.3 is 10.1 Å². The number of nitrogens with one attached hydrogen (secondary N) is 1. The van der Waals surface area contributed by atoms with Crippen LogP contribution in [0.1, 0.15) is 18.1 Å². The SMILES string of the molecule is CCc1ccc(OCC(=O)Nc2cc(C(F)(F)F)ccc2-n2cncn2)cc1. The first-order valence-corrected chi connectivity index (χ1v) is 8.44. The summed E-state index contributed by atoms with van der Waals surface area (Å²) in [7, 11) is 0. The van der Waals surface area contributed by atoms with Crippen LogP contribution in [-0.4, -0.2) is 27.3 Å². The van der Waals surface area contributed by atoms with Gasteiger partial charge in [-0.1, -0.05) is 19.1 Å². The number of rotatable bonds is 6. The van der Waals surface area contributed by atoms with Gasteiger partial charge in [0.25, 0.3) is 5.91 Å². The van der Waals surface area contributed by atoms with Crippen molar-refractivity contribution in [2.24, 2.45) is 0 Å². The van der Waals surface area contributed by atoms with Crippen molar-refractivity contribution in [3.63, 3.8) is 0 Å². The summed E-state index contributed by atoms with van der Waals surface area (Å²) in [5.74, 6) is -0.104. The standard InChI is InChI=1S/C19H17F3N4O2/c1-2-13-3-6-15(7-4-13)28-10-18(27)25-16-9-14(19(20,21)22)5-8-17(16)26-12-23-11-24-26/h3-9,11-12H,2,10H2,1H3,(H,25,27). The lowest BCUT2D eigenvalue weighted by Gasteiger charge is -2.14. The second-order valence-corrected chi connectivity index (χ2v) is 5.90. The van der Waals surface area contributed by atoms with Crippen LogP contribution in [0.2, 0.25) is 0 Å². The second kappa shape index (κ2) is 8.12. The maximum Gasteiger partial charge on any atom is 0.416 e. The smallest absolute Gasteiger partial charge is 0.416 e. The van der Waals surface area contributed by atoms with Crippen LogP contribution in [0.25, 0.3) is 5.69 Å². The lowest BCUT2D eigenvalue weighted by atomic mass is 10.1. The third-order valence-electron chi connectivity index (χ3n) is 3.97. The van der Waals surface area contributed by atoms with Crippen LogP contribution in [0.4, 0.5) is 18.9 Å². The normalized spacial score (nSPS) is 11.3. The molecule has 1 heterocycles. The molecule has 146 valence electrons. The van der Waals surface area contributed by atoms with E-state index < -0.39 is 17.6 Å². The predicted octanol–water partition coefficient (Wildman–Crippen LogP) is 3.87. The lowest BCUT2D eigenvalue weighted by Crippen LogP contribution is -2.21. The molecule has 9 heteroatoms. The summed E-state index contributed by atoms with van der Waals surface area (Å²) < 4.78 is 45.8. The predicted molar refractivity (Wildman–Crippen MR) is 96.3 cm³/mol. The number of carbonyl (C=O) groups is 1. The van der Waals surface area contributed by atoms with Crippen molar-refractivity contribution in [3.8, 4) is 11.4 Å². The van der Waals surface area contributed by atoms with Gasteiger partial charge >= 0.3 is 6.18 Å². The number of aryl methyl sites for hydroxylation is 1. The summed E-state index contributed by atoms with van der Waals surface area (Å²) >= 11 is 0. The lowest BCUT2D eigenvalue weighted by molar-refractivity contribution is -0.137. The molecular formula is C19H17F3N4O2. The van der Waals surface area contributed by atoms with Gasteiger partial charge in [0, 0.05) is 0 Å². The molecule has 0 saturated carbocycles. The highest BCUT2D eigenvalue weighted by Gasteiger charge is 2.31. The Labute approximate surface area is 159 Å². The van der Waals surface area contributed by atoms with Crippen molar-refractivity contribution in [3.05, 3.63) is 66.2 Å². The molecule has 0 fully saturated rings. The number of amides is 1. The third-order valence-corrected chi connectivity index (χ3v) is 3.97. The first-order chi connectivity index (χ1) is 13.4. The summed E-state index contributed by atoms with van der Waals surface area (Å²) in [6.07, 6.45) is -1.10. The molecule has 0 saturated heterocycles. The van der Waals surface area contributed by atoms with E-state index in [2.05, 4.69) is 15.4 Å². The van der Waals surface area contributed by atoms with Crippen molar-refractivity contribution in [2.75, 3.05) is 11.9 Å². The van der Waals surface area contributed by atoms with Gasteiger partial charge in [0.1, 0.15) is 18.4 Å². The Hall–Kier alpha value is -3.36. The van der Waals surface area contributed by atoms with Crippen molar-refractivity contribution < 1.29 is 22.7 Å². The summed E-state index contributed by atoms with van der Waals surface area (Å²) in [5, 5.41) is 6.35. The van der Waals surface area contributed by atoms with Crippen LogP contribution in [0.15, 0.2) is 55.1 Å². The first kappa shape index (κ1) is 19.4. The van der Waals surface area contributed by atoms with Crippen molar-refractivity contribution in [1.82, 2.24) is 14.8 Å². The molecule has 0 bridgehead atoms. The fourth-order valence-electron chi connectivity index (χ4n) is 2.50. The quantitative estimate of drug-likeness (QED) is 0.694. The molecule has 28 heavy (non-hydrogen) atoms. The molecule has 0 unspecified atom stereocenters. The fraction of sp³-hybridized carbons (Fsp3) is 0.211. The molecule has 0 aliphatic carbocycles. The Kier molecular flexibility index (Phi) is 5.62. The molecule has 3 aromatic rings. The molecule has 6 nitrogen and oxygen atoms in total. The van der Waals surface area contributed by atoms with Crippen LogP contribution < -0.4 is 10.1 Å². The number of nitrogens with zero attached hydrogens (tertiary/aromatic N) is 3. The molecule has 0 atom stereocenters. The Morgan fingerprint density at radius 3 is 2.54 bits per heavy atom. The Morgan fingerprint density at radius 1 is 1.18 bits per heavy atom. The van der Waals surface area contributed by atoms with Crippen LogP contribution in [-0.2, 0) is 17.4 Å². The first-order valence-electron chi connectivity index (χ1n) is 8.44. The van der Waals surface area contributed by atoms with Gasteiger partial charge in [-0.25, -0.2) is 9.67 Å². The van der Waals surface area contributed by atoms with Gasteiger partial charge in [-0.2, -0.15) is 18.3 Å². The number of benzene rings is 2. The second-order valence-electron chi connectivity index (χ2n) is 5.90. The van der Waals surface area contributed by atoms with Gasteiger partial charge in [0.05, 0.1) is 16.9 Å². The summed E-state index contributed by atoms with van der Waals surface area (Å²) in [6, 6.07) is 10.2. The zero-order chi connectivity index (χ0) is 20.1. The van der Waals surface area contributed by atoms with E-state index in [-0.39, 0.29) is 18.0 Å². The third kappa shape index (κ3) is 4.67. The molecule has 1 amide bonds. The molecular weight excluding hydrogens is 373 g/mol. The number of anilines is 1. The van der Waals surface area contributed by atoms with Gasteiger partial charge in [-0.3, -0.25) is 4.79 Å². The summed E-state index contributed by atoms with van der Waals surface area (Å²) in [5.41, 5.74) is 0.447. The van der Waals surface area contributed by atoms with Crippen molar-refractivity contribution in [2.45, 2.75) is 19.5 Å². The molecule has 2 aromatic carbocycles. The number of halogens is 3. The van der Waals surface area contributed by atoms with Gasteiger partial charge in [-0.15, -0.1) is 0 Å². The highest BCUT2D eigenvalue weighted by Crippen LogP contribution is 2.33. The maximum atomic E-state index is 13.0. The van der Waals surface area contributed by atoms with Gasteiger partial charge in [-0.05, 0) is 42.3 Å². The van der Waals surface area contributed by atoms with Crippen LogP contribution in [0.5, 0.6) is 5.75 Å². The minimum absolute atomic E-state index is 0.0461. The highest BCUT2D eigenvalue weighted by molar-refractivity contribution is 5.94. The average Bonchev–Trinajstić information content (AvgIpc) is 3.20. The van der Waals surface area contributed by atoms with E-state index in [4.69, 9.17) is 4.74 Å². The monoisotopic (exact) mass is 390 g/mol. The Morgan fingerprint density at radius 2 is 1.93 bits per heavy atom. The van der Waals surface area contributed by atoms with E-state index in [9.17, 15) is 18.0 Å². The van der Waals surface area contributed by atoms with E-state index in [0.717, 1.165) is 24.1 Å². The molecule has 1 aromatic heterocycles. The number of aromatic nitrogens is 3. The van der Waals surface area contributed by atoms with Crippen LogP contribution in [0, 0.1) is 0 Å². The molecule has 3 rings (SSSR count). The zero-order valence-corrected chi connectivity index (χ0v) is 14.9. The number of alkyl halides is 3. The number of hydrogen-bond donors (Lipinski definition) is 1. The Balaban J connectivity index is 1.76. The van der Waals surface area contributed by atoms with E-state index in [0.29, 0.717) is 5.75 Å². The minimum Gasteiger partial charge on any atom is -0.484 e. The zero-order valence-electron chi connectivity index (χ0n) is 14.9. The van der Waals surface area contributed by atoms with Crippen molar-refractivity contribution >= 4 is 11.6 Å². The average molecular weight is 390 g/mol. The molecule has 0 spiro atoms. The minimum atomic E-state index is -4.54. The molecule has 0 radical (unpaired) electrons. The van der Waals surface area contributed by atoms with Crippen LogP contribution >= 0.6 is 0 Å². The molecule has 0 aliphatic heterocycles. The maximum absolute atomic E-state index is 13.0. The van der Waals surface area contributed by atoms with Gasteiger partial charge in [0.2, 0.25) is 0 Å².